The largest absolute Gasteiger partial charge is 0.307 e. The number of aryl methyl sites for hydroxylation is 1. The first-order valence-corrected chi connectivity index (χ1v) is 7.09. The van der Waals surface area contributed by atoms with Crippen LogP contribution in [-0.2, 0) is 11.3 Å². The summed E-state index contributed by atoms with van der Waals surface area (Å²) >= 11 is 1.07. The minimum absolute atomic E-state index is 0.0504. The highest BCUT2D eigenvalue weighted by Crippen LogP contribution is 2.16. The number of carbonyl (C=O) groups is 1. The Balaban J connectivity index is 2.10. The van der Waals surface area contributed by atoms with E-state index in [1.807, 2.05) is 6.07 Å². The molecule has 0 amide bonds. The summed E-state index contributed by atoms with van der Waals surface area (Å²) in [4.78, 5) is 27.3. The number of aromatic nitrogens is 2. The third kappa shape index (κ3) is 3.41. The molecule has 0 bridgehead atoms. The van der Waals surface area contributed by atoms with Gasteiger partial charge in [0.2, 0.25) is 0 Å². The lowest BCUT2D eigenvalue weighted by Gasteiger charge is -2.08. The molecule has 0 unspecified atom stereocenters. The highest BCUT2D eigenvalue weighted by molar-refractivity contribution is 7.07. The Labute approximate surface area is 124 Å². The molecular weight excluding hydrogens is 293 g/mol. The average Bonchev–Trinajstić information content (AvgIpc) is 2.78. The van der Waals surface area contributed by atoms with Crippen LogP contribution in [0.25, 0.3) is 0 Å². The fourth-order valence-electron chi connectivity index (χ4n) is 1.90. The molecule has 2 rings (SSSR count). The number of rotatable bonds is 5. The van der Waals surface area contributed by atoms with Gasteiger partial charge in [0.15, 0.2) is 5.78 Å². The molecule has 7 heteroatoms. The third-order valence-electron chi connectivity index (χ3n) is 3.06. The zero-order valence-corrected chi connectivity index (χ0v) is 12.1. The second-order valence-corrected chi connectivity index (χ2v) is 5.29. The Hall–Kier alpha value is -2.33. The van der Waals surface area contributed by atoms with E-state index in [2.05, 4.69) is 4.98 Å². The molecule has 2 heterocycles. The summed E-state index contributed by atoms with van der Waals surface area (Å²) in [6, 6.07) is 4.36. The first-order chi connectivity index (χ1) is 10.0. The van der Waals surface area contributed by atoms with E-state index in [9.17, 15) is 14.0 Å². The predicted octanol–water partition coefficient (Wildman–Crippen LogP) is 2.02. The number of nitriles is 1. The van der Waals surface area contributed by atoms with Gasteiger partial charge in [-0.3, -0.25) is 14.6 Å². The molecule has 0 radical (unpaired) electrons. The van der Waals surface area contributed by atoms with E-state index in [0.29, 0.717) is 0 Å². The van der Waals surface area contributed by atoms with E-state index in [0.717, 1.165) is 29.3 Å². The van der Waals surface area contributed by atoms with Crippen LogP contribution < -0.4 is 4.87 Å². The normalized spacial score (nSPS) is 11.9. The maximum atomic E-state index is 12.8. The molecule has 21 heavy (non-hydrogen) atoms. The molecule has 0 spiro atoms. The Bertz CT molecular complexity index is 743. The highest BCUT2D eigenvalue weighted by Gasteiger charge is 2.21. The lowest BCUT2D eigenvalue weighted by atomic mass is 9.99. The first-order valence-electron chi connectivity index (χ1n) is 6.21. The number of hydrogen-bond acceptors (Lipinski definition) is 5. The molecule has 0 fully saturated rings. The van der Waals surface area contributed by atoms with Gasteiger partial charge in [-0.2, -0.15) is 5.26 Å². The third-order valence-corrected chi connectivity index (χ3v) is 3.94. The van der Waals surface area contributed by atoms with Crippen molar-refractivity contribution in [2.24, 2.45) is 0 Å². The molecule has 0 aromatic carbocycles. The van der Waals surface area contributed by atoms with E-state index >= 15 is 0 Å². The molecule has 0 saturated carbocycles. The molecule has 108 valence electrons. The minimum atomic E-state index is -1.04. The van der Waals surface area contributed by atoms with Crippen LogP contribution in [-0.4, -0.2) is 15.3 Å². The van der Waals surface area contributed by atoms with E-state index in [1.54, 1.807) is 12.3 Å². The lowest BCUT2D eigenvalue weighted by Crippen LogP contribution is -2.20. The average molecular weight is 305 g/mol. The minimum Gasteiger partial charge on any atom is -0.303 e. The molecule has 0 aliphatic carbocycles. The van der Waals surface area contributed by atoms with Crippen LogP contribution in [0.15, 0.2) is 28.5 Å². The standard InChI is InChI=1S/C14H12FN3O2S/c1-9-8-21-14(20)18(9)5-4-13(19)11(6-16)12-3-2-10(15)7-17-12/h2-3,7-8,11H,4-5H2,1H3/t11-/m1/s1. The monoisotopic (exact) mass is 305 g/mol. The number of ketones is 1. The van der Waals surface area contributed by atoms with Gasteiger partial charge in [-0.1, -0.05) is 11.3 Å². The maximum absolute atomic E-state index is 12.8. The first kappa shape index (κ1) is 15.1. The molecule has 5 nitrogen and oxygen atoms in total. The zero-order valence-electron chi connectivity index (χ0n) is 11.2. The van der Waals surface area contributed by atoms with Gasteiger partial charge in [0, 0.05) is 24.0 Å². The summed E-state index contributed by atoms with van der Waals surface area (Å²) in [6.07, 6.45) is 1.02. The number of pyridine rings is 1. The second-order valence-electron chi connectivity index (χ2n) is 4.47. The number of carbonyl (C=O) groups excluding carboxylic acids is 1. The number of nitrogens with zero attached hydrogens (tertiary/aromatic N) is 3. The van der Waals surface area contributed by atoms with Gasteiger partial charge in [-0.25, -0.2) is 4.39 Å². The molecule has 0 aliphatic heterocycles. The van der Waals surface area contributed by atoms with Gasteiger partial charge < -0.3 is 4.57 Å². The van der Waals surface area contributed by atoms with E-state index in [4.69, 9.17) is 5.26 Å². The smallest absolute Gasteiger partial charge is 0.303 e. The summed E-state index contributed by atoms with van der Waals surface area (Å²) < 4.78 is 14.3. The Morgan fingerprint density at radius 2 is 2.33 bits per heavy atom. The number of thiazole rings is 1. The Kier molecular flexibility index (Phi) is 4.60. The van der Waals surface area contributed by atoms with Crippen LogP contribution in [0.5, 0.6) is 0 Å². The molecule has 1 atom stereocenters. The molecule has 0 N–H and O–H groups in total. The topological polar surface area (TPSA) is 75.8 Å². The summed E-state index contributed by atoms with van der Waals surface area (Å²) in [5.41, 5.74) is 1.00. The van der Waals surface area contributed by atoms with Crippen LogP contribution >= 0.6 is 11.3 Å². The van der Waals surface area contributed by atoms with Crippen molar-refractivity contribution in [2.75, 3.05) is 0 Å². The van der Waals surface area contributed by atoms with Gasteiger partial charge in [0.25, 0.3) is 0 Å². The van der Waals surface area contributed by atoms with E-state index in [1.165, 1.54) is 10.6 Å². The molecular formula is C14H12FN3O2S. The van der Waals surface area contributed by atoms with Crippen LogP contribution in [0.3, 0.4) is 0 Å². The second kappa shape index (κ2) is 6.41. The highest BCUT2D eigenvalue weighted by atomic mass is 32.1. The summed E-state index contributed by atoms with van der Waals surface area (Å²) in [6.45, 7) is 2.01. The summed E-state index contributed by atoms with van der Waals surface area (Å²) in [5, 5.41) is 10.8. The fourth-order valence-corrected chi connectivity index (χ4v) is 2.66. The van der Waals surface area contributed by atoms with E-state index < -0.39 is 11.7 Å². The van der Waals surface area contributed by atoms with Gasteiger partial charge >= 0.3 is 4.87 Å². The van der Waals surface area contributed by atoms with Crippen LogP contribution in [0.2, 0.25) is 0 Å². The predicted molar refractivity (Wildman–Crippen MR) is 75.5 cm³/mol. The van der Waals surface area contributed by atoms with Crippen molar-refractivity contribution in [3.05, 3.63) is 50.6 Å². The SMILES string of the molecule is Cc1csc(=O)n1CCC(=O)[C@H](C#N)c1ccc(F)cn1. The molecule has 2 aromatic rings. The van der Waals surface area contributed by atoms with Crippen molar-refractivity contribution in [1.29, 1.82) is 5.26 Å². The van der Waals surface area contributed by atoms with Gasteiger partial charge in [0.1, 0.15) is 11.7 Å². The van der Waals surface area contributed by atoms with Crippen molar-refractivity contribution in [2.45, 2.75) is 25.8 Å². The van der Waals surface area contributed by atoms with Gasteiger partial charge in [-0.05, 0) is 19.1 Å². The number of halogens is 1. The van der Waals surface area contributed by atoms with Crippen molar-refractivity contribution >= 4 is 17.1 Å². The van der Waals surface area contributed by atoms with Gasteiger partial charge in [0.05, 0.1) is 18.0 Å². The van der Waals surface area contributed by atoms with Crippen molar-refractivity contribution in [3.8, 4) is 6.07 Å². The van der Waals surface area contributed by atoms with Crippen LogP contribution in [0.1, 0.15) is 23.7 Å². The van der Waals surface area contributed by atoms with Crippen LogP contribution in [0, 0.1) is 24.1 Å². The summed E-state index contributed by atoms with van der Waals surface area (Å²) in [7, 11) is 0. The Morgan fingerprint density at radius 3 is 2.86 bits per heavy atom. The quantitative estimate of drug-likeness (QED) is 0.847. The number of Topliss-reactive ketones (excluding diaryl/α,β-unsaturated/α-hetero) is 1. The van der Waals surface area contributed by atoms with Crippen molar-refractivity contribution in [3.63, 3.8) is 0 Å². The zero-order chi connectivity index (χ0) is 15.4. The Morgan fingerprint density at radius 1 is 1.57 bits per heavy atom. The van der Waals surface area contributed by atoms with Gasteiger partial charge in [-0.15, -0.1) is 0 Å². The van der Waals surface area contributed by atoms with Crippen LogP contribution in [0.4, 0.5) is 4.39 Å². The molecule has 2 aromatic heterocycles. The van der Waals surface area contributed by atoms with Crippen molar-refractivity contribution in [1.82, 2.24) is 9.55 Å². The lowest BCUT2D eigenvalue weighted by molar-refractivity contribution is -0.119. The molecule has 0 aliphatic rings. The summed E-state index contributed by atoms with van der Waals surface area (Å²) in [5.74, 6) is -1.90. The fraction of sp³-hybridized carbons (Fsp3) is 0.286. The maximum Gasteiger partial charge on any atom is 0.307 e. The number of hydrogen-bond donors (Lipinski definition) is 0. The molecule has 0 saturated heterocycles. The van der Waals surface area contributed by atoms with Crippen molar-refractivity contribution < 1.29 is 9.18 Å². The van der Waals surface area contributed by atoms with E-state index in [-0.39, 0.29) is 29.3 Å².